The van der Waals surface area contributed by atoms with Crippen molar-refractivity contribution < 1.29 is 14.0 Å². The molecule has 4 rings (SSSR count). The molecule has 1 aliphatic heterocycles. The Bertz CT molecular complexity index is 1200. The lowest BCUT2D eigenvalue weighted by atomic mass is 9.89. The number of anilines is 1. The molecule has 3 amide bonds. The van der Waals surface area contributed by atoms with Gasteiger partial charge in [0, 0.05) is 25.3 Å². The Hall–Kier alpha value is -4.18. The quantitative estimate of drug-likeness (QED) is 0.564. The molecule has 0 spiro atoms. The summed E-state index contributed by atoms with van der Waals surface area (Å²) in [4.78, 5) is 26.9. The first-order valence-corrected chi connectivity index (χ1v) is 11.2. The van der Waals surface area contributed by atoms with Gasteiger partial charge in [-0.25, -0.2) is 9.18 Å². The van der Waals surface area contributed by atoms with Gasteiger partial charge in [0.25, 0.3) is 5.91 Å². The second-order valence-corrected chi connectivity index (χ2v) is 8.29. The molecule has 2 N–H and O–H groups in total. The largest absolute Gasteiger partial charge is 0.339 e. The number of carbonyl (C=O) groups is 2. The van der Waals surface area contributed by atoms with Crippen molar-refractivity contribution in [3.8, 4) is 6.07 Å². The molecular formula is C27H25FN4O2. The van der Waals surface area contributed by atoms with Crippen molar-refractivity contribution in [2.75, 3.05) is 18.4 Å². The summed E-state index contributed by atoms with van der Waals surface area (Å²) in [5, 5.41) is 14.4. The van der Waals surface area contributed by atoms with Crippen LogP contribution in [-0.4, -0.2) is 29.9 Å². The van der Waals surface area contributed by atoms with Crippen molar-refractivity contribution in [2.45, 2.75) is 25.3 Å². The van der Waals surface area contributed by atoms with E-state index in [0.29, 0.717) is 36.8 Å². The molecule has 1 fully saturated rings. The summed E-state index contributed by atoms with van der Waals surface area (Å²) >= 11 is 0. The molecule has 3 aromatic rings. The van der Waals surface area contributed by atoms with E-state index in [1.807, 2.05) is 42.5 Å². The van der Waals surface area contributed by atoms with Gasteiger partial charge in [0.1, 0.15) is 5.82 Å². The fourth-order valence-corrected chi connectivity index (χ4v) is 4.14. The minimum absolute atomic E-state index is 0.0577. The molecule has 0 radical (unpaired) electrons. The lowest BCUT2D eigenvalue weighted by Gasteiger charge is -2.32. The van der Waals surface area contributed by atoms with Gasteiger partial charge in [0.2, 0.25) is 0 Å². The van der Waals surface area contributed by atoms with Gasteiger partial charge in [0.05, 0.1) is 17.2 Å². The van der Waals surface area contributed by atoms with Crippen LogP contribution in [0.15, 0.2) is 72.8 Å². The van der Waals surface area contributed by atoms with Crippen molar-refractivity contribution in [1.29, 1.82) is 5.26 Å². The average Bonchev–Trinajstić information content (AvgIpc) is 2.89. The van der Waals surface area contributed by atoms with Crippen LogP contribution in [0.3, 0.4) is 0 Å². The van der Waals surface area contributed by atoms with Crippen LogP contribution in [-0.2, 0) is 6.54 Å². The molecule has 34 heavy (non-hydrogen) atoms. The van der Waals surface area contributed by atoms with Gasteiger partial charge in [-0.2, -0.15) is 5.26 Å². The molecule has 172 valence electrons. The van der Waals surface area contributed by atoms with Crippen LogP contribution in [0.4, 0.5) is 14.9 Å². The molecule has 0 atom stereocenters. The Morgan fingerprint density at radius 2 is 1.71 bits per heavy atom. The molecule has 1 aliphatic rings. The number of halogens is 1. The van der Waals surface area contributed by atoms with Gasteiger partial charge in [-0.3, -0.25) is 4.79 Å². The number of rotatable bonds is 5. The smallest absolute Gasteiger partial charge is 0.319 e. The first-order chi connectivity index (χ1) is 16.5. The van der Waals surface area contributed by atoms with Crippen LogP contribution < -0.4 is 10.6 Å². The SMILES string of the molecule is N#Cc1ccc(C2CCN(C(=O)c3cc(NC(=O)NCc4ccccc4)ccc3F)CC2)cc1. The topological polar surface area (TPSA) is 85.2 Å². The number of amides is 3. The van der Waals surface area contributed by atoms with Gasteiger partial charge < -0.3 is 15.5 Å². The van der Waals surface area contributed by atoms with E-state index in [9.17, 15) is 14.0 Å². The summed E-state index contributed by atoms with van der Waals surface area (Å²) in [6.45, 7) is 1.38. The Morgan fingerprint density at radius 1 is 1.00 bits per heavy atom. The molecular weight excluding hydrogens is 431 g/mol. The fraction of sp³-hybridized carbons (Fsp3) is 0.222. The van der Waals surface area contributed by atoms with Crippen molar-refractivity contribution >= 4 is 17.6 Å². The minimum Gasteiger partial charge on any atom is -0.339 e. The predicted molar refractivity (Wildman–Crippen MR) is 128 cm³/mol. The zero-order chi connectivity index (χ0) is 23.9. The van der Waals surface area contributed by atoms with E-state index >= 15 is 0 Å². The molecule has 3 aromatic carbocycles. The zero-order valence-corrected chi connectivity index (χ0v) is 18.6. The van der Waals surface area contributed by atoms with Crippen LogP contribution in [0.2, 0.25) is 0 Å². The molecule has 1 heterocycles. The maximum atomic E-state index is 14.5. The van der Waals surface area contributed by atoms with Crippen LogP contribution in [0, 0.1) is 17.1 Å². The molecule has 0 aliphatic carbocycles. The number of urea groups is 1. The van der Waals surface area contributed by atoms with Crippen molar-refractivity contribution in [1.82, 2.24) is 10.2 Å². The van der Waals surface area contributed by atoms with Crippen molar-refractivity contribution in [2.24, 2.45) is 0 Å². The van der Waals surface area contributed by atoms with E-state index in [-0.39, 0.29) is 11.5 Å². The van der Waals surface area contributed by atoms with Crippen LogP contribution >= 0.6 is 0 Å². The summed E-state index contributed by atoms with van der Waals surface area (Å²) in [5.74, 6) is -0.707. The maximum absolute atomic E-state index is 14.5. The monoisotopic (exact) mass is 456 g/mol. The Morgan fingerprint density at radius 3 is 2.38 bits per heavy atom. The highest BCUT2D eigenvalue weighted by Crippen LogP contribution is 2.29. The standard InChI is InChI=1S/C27H25FN4O2/c28-25-11-10-23(31-27(34)30-18-20-4-2-1-3-5-20)16-24(25)26(33)32-14-12-22(13-15-32)21-8-6-19(17-29)7-9-21/h1-11,16,22H,12-15,18H2,(H2,30,31,34). The van der Waals surface area contributed by atoms with Gasteiger partial charge >= 0.3 is 6.03 Å². The number of nitriles is 1. The Balaban J connectivity index is 1.35. The predicted octanol–water partition coefficient (Wildman–Crippen LogP) is 5.04. The number of hydrogen-bond acceptors (Lipinski definition) is 3. The molecule has 0 unspecified atom stereocenters. The molecule has 0 aromatic heterocycles. The molecule has 6 nitrogen and oxygen atoms in total. The van der Waals surface area contributed by atoms with E-state index in [2.05, 4.69) is 16.7 Å². The summed E-state index contributed by atoms with van der Waals surface area (Å²) in [6, 6.07) is 22.7. The lowest BCUT2D eigenvalue weighted by Crippen LogP contribution is -2.38. The van der Waals surface area contributed by atoms with Gasteiger partial charge in [0.15, 0.2) is 0 Å². The Labute approximate surface area is 198 Å². The number of piperidine rings is 1. The highest BCUT2D eigenvalue weighted by molar-refractivity contribution is 5.97. The zero-order valence-electron chi connectivity index (χ0n) is 18.6. The molecule has 1 saturated heterocycles. The molecule has 0 saturated carbocycles. The molecule has 0 bridgehead atoms. The second kappa shape index (κ2) is 10.6. The number of likely N-dealkylation sites (tertiary alicyclic amines) is 1. The second-order valence-electron chi connectivity index (χ2n) is 8.29. The van der Waals surface area contributed by atoms with E-state index in [1.165, 1.54) is 18.2 Å². The van der Waals surface area contributed by atoms with E-state index < -0.39 is 11.8 Å². The normalized spacial score (nSPS) is 13.7. The molecule has 7 heteroatoms. The minimum atomic E-state index is -0.616. The number of nitrogens with one attached hydrogen (secondary N) is 2. The third-order valence-electron chi connectivity index (χ3n) is 6.04. The number of hydrogen-bond donors (Lipinski definition) is 2. The first kappa shape index (κ1) is 23.0. The lowest BCUT2D eigenvalue weighted by molar-refractivity contribution is 0.0708. The van der Waals surface area contributed by atoms with E-state index in [4.69, 9.17) is 5.26 Å². The fourth-order valence-electron chi connectivity index (χ4n) is 4.14. The summed E-state index contributed by atoms with van der Waals surface area (Å²) < 4.78 is 14.5. The summed E-state index contributed by atoms with van der Waals surface area (Å²) in [7, 11) is 0. The van der Waals surface area contributed by atoms with Crippen LogP contribution in [0.25, 0.3) is 0 Å². The number of nitrogens with zero attached hydrogens (tertiary/aromatic N) is 2. The maximum Gasteiger partial charge on any atom is 0.319 e. The van der Waals surface area contributed by atoms with Crippen LogP contribution in [0.1, 0.15) is 45.8 Å². The first-order valence-electron chi connectivity index (χ1n) is 11.2. The van der Waals surface area contributed by atoms with E-state index in [0.717, 1.165) is 24.0 Å². The van der Waals surface area contributed by atoms with Crippen molar-refractivity contribution in [3.63, 3.8) is 0 Å². The number of carbonyl (C=O) groups excluding carboxylic acids is 2. The number of benzene rings is 3. The average molecular weight is 457 g/mol. The van der Waals surface area contributed by atoms with Gasteiger partial charge in [-0.1, -0.05) is 42.5 Å². The van der Waals surface area contributed by atoms with Gasteiger partial charge in [-0.05, 0) is 60.2 Å². The highest BCUT2D eigenvalue weighted by Gasteiger charge is 2.26. The Kier molecular flexibility index (Phi) is 7.19. The third kappa shape index (κ3) is 5.59. The highest BCUT2D eigenvalue weighted by atomic mass is 19.1. The van der Waals surface area contributed by atoms with Crippen molar-refractivity contribution in [3.05, 3.63) is 101 Å². The van der Waals surface area contributed by atoms with Gasteiger partial charge in [-0.15, -0.1) is 0 Å². The third-order valence-corrected chi connectivity index (χ3v) is 6.04. The van der Waals surface area contributed by atoms with Crippen LogP contribution in [0.5, 0.6) is 0 Å². The summed E-state index contributed by atoms with van der Waals surface area (Å²) in [5.41, 5.74) is 3.01. The van der Waals surface area contributed by atoms with E-state index in [1.54, 1.807) is 17.0 Å². The summed E-state index contributed by atoms with van der Waals surface area (Å²) in [6.07, 6.45) is 1.53.